The summed E-state index contributed by atoms with van der Waals surface area (Å²) < 4.78 is 33.4. The van der Waals surface area contributed by atoms with Crippen molar-refractivity contribution in [2.75, 3.05) is 7.11 Å². The Balaban J connectivity index is 1.92. The van der Waals surface area contributed by atoms with Crippen molar-refractivity contribution < 1.29 is 18.1 Å². The number of hydrogen-bond donors (Lipinski definition) is 1. The first-order valence-corrected chi connectivity index (χ1v) is 10.2. The lowest BCUT2D eigenvalue weighted by Crippen LogP contribution is -2.27. The van der Waals surface area contributed by atoms with Crippen LogP contribution in [0.5, 0.6) is 5.75 Å². The van der Waals surface area contributed by atoms with Gasteiger partial charge in [0.1, 0.15) is 5.75 Å². The molecule has 0 bridgehead atoms. The molecular formula is C20H19N3O5S. The zero-order valence-electron chi connectivity index (χ0n) is 15.8. The topological polar surface area (TPSA) is 111 Å². The number of ether oxygens (including phenoxy) is 1. The van der Waals surface area contributed by atoms with Gasteiger partial charge in [-0.15, -0.1) is 0 Å². The third-order valence-electron chi connectivity index (χ3n) is 4.39. The summed E-state index contributed by atoms with van der Waals surface area (Å²) in [6, 6.07) is 13.7. The number of nitrogens with one attached hydrogen (secondary N) is 1. The third kappa shape index (κ3) is 4.41. The smallest absolute Gasteiger partial charge is 0.289 e. The normalized spacial score (nSPS) is 12.3. The highest BCUT2D eigenvalue weighted by molar-refractivity contribution is 7.89. The van der Waals surface area contributed by atoms with Crippen LogP contribution in [0.3, 0.4) is 0 Å². The number of para-hydroxylation sites is 1. The lowest BCUT2D eigenvalue weighted by molar-refractivity contribution is -0.387. The molecule has 0 unspecified atom stereocenters. The van der Waals surface area contributed by atoms with Gasteiger partial charge in [-0.25, -0.2) is 13.1 Å². The minimum absolute atomic E-state index is 0.371. The molecule has 2 aromatic carbocycles. The van der Waals surface area contributed by atoms with E-state index in [0.717, 1.165) is 17.2 Å². The van der Waals surface area contributed by atoms with Crippen LogP contribution in [0, 0.1) is 10.1 Å². The molecule has 0 fully saturated rings. The number of aromatic nitrogens is 1. The lowest BCUT2D eigenvalue weighted by atomic mass is 10.0. The summed E-state index contributed by atoms with van der Waals surface area (Å²) in [5, 5.41) is 11.2. The Morgan fingerprint density at radius 2 is 1.90 bits per heavy atom. The van der Waals surface area contributed by atoms with Crippen LogP contribution >= 0.6 is 0 Å². The second-order valence-corrected chi connectivity index (χ2v) is 7.95. The summed E-state index contributed by atoms with van der Waals surface area (Å²) in [6.45, 7) is 1.68. The molecule has 3 aromatic rings. The molecule has 0 saturated heterocycles. The minimum Gasteiger partial charge on any atom is -0.494 e. The van der Waals surface area contributed by atoms with Crippen molar-refractivity contribution in [3.05, 3.63) is 82.7 Å². The summed E-state index contributed by atoms with van der Waals surface area (Å²) >= 11 is 0. The van der Waals surface area contributed by atoms with E-state index in [4.69, 9.17) is 4.74 Å². The molecule has 1 heterocycles. The highest BCUT2D eigenvalue weighted by Gasteiger charge is 2.27. The largest absolute Gasteiger partial charge is 0.494 e. The van der Waals surface area contributed by atoms with Crippen LogP contribution < -0.4 is 9.46 Å². The Morgan fingerprint density at radius 1 is 1.14 bits per heavy atom. The first-order valence-electron chi connectivity index (χ1n) is 8.67. The third-order valence-corrected chi connectivity index (χ3v) is 5.97. The molecule has 0 amide bonds. The van der Waals surface area contributed by atoms with Gasteiger partial charge in [0, 0.05) is 23.9 Å². The molecule has 0 aliphatic heterocycles. The molecule has 0 saturated carbocycles. The fraction of sp³-hybridized carbons (Fsp3) is 0.150. The molecule has 1 N–H and O–H groups in total. The maximum absolute atomic E-state index is 12.8. The van der Waals surface area contributed by atoms with Gasteiger partial charge in [0.15, 0.2) is 4.90 Å². The molecule has 1 aromatic heterocycles. The first-order chi connectivity index (χ1) is 13.8. The van der Waals surface area contributed by atoms with Crippen LogP contribution in [0.4, 0.5) is 5.69 Å². The Labute approximate surface area is 168 Å². The van der Waals surface area contributed by atoms with Gasteiger partial charge in [-0.1, -0.05) is 30.3 Å². The molecule has 8 nitrogen and oxygen atoms in total. The number of rotatable bonds is 7. The molecule has 0 aliphatic rings. The van der Waals surface area contributed by atoms with Crippen LogP contribution in [0.25, 0.3) is 11.1 Å². The lowest BCUT2D eigenvalue weighted by Gasteiger charge is -2.16. The van der Waals surface area contributed by atoms with E-state index in [0.29, 0.717) is 11.3 Å². The van der Waals surface area contributed by atoms with Gasteiger partial charge in [0.05, 0.1) is 18.2 Å². The van der Waals surface area contributed by atoms with Gasteiger partial charge in [0.2, 0.25) is 10.0 Å². The molecule has 3 rings (SSSR count). The Hall–Kier alpha value is -3.30. The van der Waals surface area contributed by atoms with Crippen LogP contribution in [0.15, 0.2) is 71.9 Å². The summed E-state index contributed by atoms with van der Waals surface area (Å²) in [5.41, 5.74) is 1.88. The van der Waals surface area contributed by atoms with Crippen molar-refractivity contribution in [1.82, 2.24) is 9.71 Å². The van der Waals surface area contributed by atoms with Crippen molar-refractivity contribution in [2.45, 2.75) is 17.9 Å². The Kier molecular flexibility index (Phi) is 5.90. The maximum Gasteiger partial charge on any atom is 0.289 e. The van der Waals surface area contributed by atoms with E-state index in [1.165, 1.54) is 18.2 Å². The first kappa shape index (κ1) is 20.4. The summed E-state index contributed by atoms with van der Waals surface area (Å²) in [4.78, 5) is 14.1. The summed E-state index contributed by atoms with van der Waals surface area (Å²) in [6.07, 6.45) is 3.24. The molecular weight excluding hydrogens is 394 g/mol. The highest BCUT2D eigenvalue weighted by atomic mass is 32.2. The van der Waals surface area contributed by atoms with Gasteiger partial charge in [-0.2, -0.15) is 0 Å². The Morgan fingerprint density at radius 3 is 2.62 bits per heavy atom. The van der Waals surface area contributed by atoms with E-state index in [1.54, 1.807) is 44.6 Å². The quantitative estimate of drug-likeness (QED) is 0.467. The van der Waals surface area contributed by atoms with Crippen LogP contribution in [0.1, 0.15) is 18.5 Å². The van der Waals surface area contributed by atoms with Crippen molar-refractivity contribution in [2.24, 2.45) is 0 Å². The fourth-order valence-electron chi connectivity index (χ4n) is 2.96. The van der Waals surface area contributed by atoms with Crippen molar-refractivity contribution in [3.8, 4) is 16.9 Å². The van der Waals surface area contributed by atoms with E-state index in [1.807, 2.05) is 12.1 Å². The van der Waals surface area contributed by atoms with Gasteiger partial charge in [0.25, 0.3) is 5.69 Å². The standard InChI is InChI=1S/C20H19N3O5S/c1-14(22-29(26,27)20-9-4-3-8-18(20)23(24)25)15-6-5-7-16(12-15)17-10-11-21-13-19(17)28-2/h3-14,22H,1-2H3/t14-/m0/s1. The number of methoxy groups -OCH3 is 1. The SMILES string of the molecule is COc1cnccc1-c1cccc([C@H](C)NS(=O)(=O)c2ccccc2[N+](=O)[O-])c1. The average Bonchev–Trinajstić information content (AvgIpc) is 2.73. The van der Waals surface area contributed by atoms with E-state index in [-0.39, 0.29) is 4.90 Å². The van der Waals surface area contributed by atoms with Crippen LogP contribution in [-0.2, 0) is 10.0 Å². The summed E-state index contributed by atoms with van der Waals surface area (Å²) in [7, 11) is -2.55. The van der Waals surface area contributed by atoms with E-state index < -0.39 is 26.7 Å². The Bertz CT molecular complexity index is 1150. The average molecular weight is 413 g/mol. The monoisotopic (exact) mass is 413 g/mol. The molecule has 9 heteroatoms. The van der Waals surface area contributed by atoms with E-state index in [2.05, 4.69) is 9.71 Å². The number of nitrogens with zero attached hydrogens (tertiary/aromatic N) is 2. The number of nitro groups is 1. The molecule has 1 atom stereocenters. The summed E-state index contributed by atoms with van der Waals surface area (Å²) in [5.74, 6) is 0.595. The van der Waals surface area contributed by atoms with Gasteiger partial charge < -0.3 is 4.74 Å². The van der Waals surface area contributed by atoms with Crippen LogP contribution in [-0.4, -0.2) is 25.4 Å². The molecule has 150 valence electrons. The molecule has 29 heavy (non-hydrogen) atoms. The zero-order valence-corrected chi connectivity index (χ0v) is 16.6. The van der Waals surface area contributed by atoms with E-state index in [9.17, 15) is 18.5 Å². The predicted molar refractivity (Wildman–Crippen MR) is 108 cm³/mol. The molecule has 0 radical (unpaired) electrons. The number of sulfonamides is 1. The van der Waals surface area contributed by atoms with E-state index >= 15 is 0 Å². The van der Waals surface area contributed by atoms with Crippen molar-refractivity contribution in [1.29, 1.82) is 0 Å². The maximum atomic E-state index is 12.8. The second-order valence-electron chi connectivity index (χ2n) is 6.27. The van der Waals surface area contributed by atoms with Gasteiger partial charge in [-0.05, 0) is 36.2 Å². The van der Waals surface area contributed by atoms with Gasteiger partial charge >= 0.3 is 0 Å². The second kappa shape index (κ2) is 8.38. The number of hydrogen-bond acceptors (Lipinski definition) is 6. The zero-order chi connectivity index (χ0) is 21.0. The molecule has 0 aliphatic carbocycles. The van der Waals surface area contributed by atoms with Gasteiger partial charge in [-0.3, -0.25) is 15.1 Å². The number of benzene rings is 2. The molecule has 0 spiro atoms. The number of nitro benzene ring substituents is 1. The predicted octanol–water partition coefficient (Wildman–Crippen LogP) is 3.70. The fourth-order valence-corrected chi connectivity index (χ4v) is 4.36. The van der Waals surface area contributed by atoms with Crippen LogP contribution in [0.2, 0.25) is 0 Å². The number of pyridine rings is 1. The van der Waals surface area contributed by atoms with Crippen molar-refractivity contribution in [3.63, 3.8) is 0 Å². The highest BCUT2D eigenvalue weighted by Crippen LogP contribution is 2.31. The minimum atomic E-state index is -4.10. The van der Waals surface area contributed by atoms with Crippen molar-refractivity contribution >= 4 is 15.7 Å².